The first-order valence-electron chi connectivity index (χ1n) is 10.6. The molecule has 1 aliphatic carbocycles. The first-order chi connectivity index (χ1) is 15.8. The second-order valence-corrected chi connectivity index (χ2v) is 10.6. The summed E-state index contributed by atoms with van der Waals surface area (Å²) in [6.07, 6.45) is 6.05. The molecule has 1 amide bonds. The quantitative estimate of drug-likeness (QED) is 0.417. The topological polar surface area (TPSA) is 113 Å². The Hall–Kier alpha value is -2.86. The highest BCUT2D eigenvalue weighted by atomic mass is 32.2. The number of halogens is 2. The van der Waals surface area contributed by atoms with Crippen LogP contribution in [0.4, 0.5) is 26.0 Å². The molecule has 0 atom stereocenters. The summed E-state index contributed by atoms with van der Waals surface area (Å²) in [6, 6.07) is 2.17. The van der Waals surface area contributed by atoms with Gasteiger partial charge in [0.15, 0.2) is 5.82 Å². The van der Waals surface area contributed by atoms with Crippen LogP contribution in [0.2, 0.25) is 0 Å². The van der Waals surface area contributed by atoms with Gasteiger partial charge in [0.25, 0.3) is 5.91 Å². The van der Waals surface area contributed by atoms with E-state index in [-0.39, 0.29) is 11.3 Å². The Morgan fingerprint density at radius 2 is 1.97 bits per heavy atom. The van der Waals surface area contributed by atoms with Gasteiger partial charge in [-0.3, -0.25) is 9.52 Å². The minimum Gasteiger partial charge on any atom is -0.366 e. The molecule has 4 rings (SSSR count). The lowest BCUT2D eigenvalue weighted by molar-refractivity contribution is 0.102. The lowest BCUT2D eigenvalue weighted by Gasteiger charge is -2.13. The smallest absolute Gasteiger partial charge is 0.258 e. The molecule has 0 saturated heterocycles. The van der Waals surface area contributed by atoms with Crippen molar-refractivity contribution in [2.45, 2.75) is 45.1 Å². The van der Waals surface area contributed by atoms with Crippen LogP contribution in [-0.2, 0) is 10.0 Å². The van der Waals surface area contributed by atoms with E-state index in [0.29, 0.717) is 28.5 Å². The molecule has 3 aromatic rings. The van der Waals surface area contributed by atoms with Gasteiger partial charge in [-0.15, -0.1) is 11.3 Å². The van der Waals surface area contributed by atoms with Crippen LogP contribution in [0.3, 0.4) is 0 Å². The van der Waals surface area contributed by atoms with E-state index in [1.165, 1.54) is 17.7 Å². The van der Waals surface area contributed by atoms with Gasteiger partial charge < -0.3 is 10.6 Å². The lowest BCUT2D eigenvalue weighted by atomic mass is 10.2. The molecule has 2 heterocycles. The highest BCUT2D eigenvalue weighted by Crippen LogP contribution is 2.33. The normalized spacial score (nSPS) is 14.5. The van der Waals surface area contributed by atoms with Crippen LogP contribution in [-0.4, -0.2) is 36.1 Å². The molecule has 0 aliphatic heterocycles. The van der Waals surface area contributed by atoms with Crippen molar-refractivity contribution in [2.75, 3.05) is 21.1 Å². The van der Waals surface area contributed by atoms with Gasteiger partial charge in [0.05, 0.1) is 27.2 Å². The van der Waals surface area contributed by atoms with E-state index in [1.54, 1.807) is 12.3 Å². The Morgan fingerprint density at radius 1 is 1.21 bits per heavy atom. The van der Waals surface area contributed by atoms with E-state index < -0.39 is 38.9 Å². The Morgan fingerprint density at radius 3 is 2.70 bits per heavy atom. The Bertz CT molecular complexity index is 1290. The molecule has 1 saturated carbocycles. The minimum absolute atomic E-state index is 0.141. The number of nitrogens with zero attached hydrogens (tertiary/aromatic N) is 2. The zero-order valence-corrected chi connectivity index (χ0v) is 19.5. The fraction of sp³-hybridized carbons (Fsp3) is 0.381. The average Bonchev–Trinajstić information content (AvgIpc) is 3.43. The second kappa shape index (κ2) is 9.56. The Kier molecular flexibility index (Phi) is 6.75. The molecule has 1 fully saturated rings. The number of aromatic nitrogens is 2. The van der Waals surface area contributed by atoms with Gasteiger partial charge >= 0.3 is 0 Å². The van der Waals surface area contributed by atoms with Gasteiger partial charge in [-0.2, -0.15) is 0 Å². The Labute approximate surface area is 193 Å². The van der Waals surface area contributed by atoms with E-state index in [4.69, 9.17) is 0 Å². The average molecular weight is 496 g/mol. The van der Waals surface area contributed by atoms with Gasteiger partial charge in [0.2, 0.25) is 10.0 Å². The standard InChI is InChI=1S/C21H23F2N5O3S2/c1-2-9-33(30,31)28-15-8-7-14(22)18(16(15)23)27-21(29)13-10-32-19-17(13)24-11-25-20(19)26-12-5-3-4-6-12/h7-8,10-12,28H,2-6,9H2,1H3,(H,27,29)(H,24,25,26). The zero-order chi connectivity index (χ0) is 23.6. The van der Waals surface area contributed by atoms with Gasteiger partial charge in [0.1, 0.15) is 23.6 Å². The van der Waals surface area contributed by atoms with Crippen LogP contribution < -0.4 is 15.4 Å². The molecule has 33 heavy (non-hydrogen) atoms. The van der Waals surface area contributed by atoms with Crippen molar-refractivity contribution in [1.29, 1.82) is 0 Å². The minimum atomic E-state index is -3.80. The molecule has 3 N–H and O–H groups in total. The van der Waals surface area contributed by atoms with E-state index in [9.17, 15) is 22.0 Å². The van der Waals surface area contributed by atoms with E-state index >= 15 is 0 Å². The summed E-state index contributed by atoms with van der Waals surface area (Å²) in [6.45, 7) is 1.66. The third kappa shape index (κ3) is 5.06. The SMILES string of the molecule is CCCS(=O)(=O)Nc1ccc(F)c(NC(=O)c2csc3c(NC4CCCC4)ncnc23)c1F. The van der Waals surface area contributed by atoms with Crippen molar-refractivity contribution in [3.05, 3.63) is 41.0 Å². The van der Waals surface area contributed by atoms with Crippen LogP contribution in [0.15, 0.2) is 23.8 Å². The molecule has 2 aromatic heterocycles. The molecular weight excluding hydrogens is 472 g/mol. The molecule has 1 aromatic carbocycles. The summed E-state index contributed by atoms with van der Waals surface area (Å²) in [7, 11) is -3.80. The summed E-state index contributed by atoms with van der Waals surface area (Å²) < 4.78 is 56.0. The molecule has 1 aliphatic rings. The van der Waals surface area contributed by atoms with E-state index in [1.807, 2.05) is 0 Å². The summed E-state index contributed by atoms with van der Waals surface area (Å²) in [4.78, 5) is 21.4. The van der Waals surface area contributed by atoms with Crippen LogP contribution in [0.25, 0.3) is 10.2 Å². The van der Waals surface area contributed by atoms with Crippen LogP contribution in [0, 0.1) is 11.6 Å². The van der Waals surface area contributed by atoms with Crippen molar-refractivity contribution >= 4 is 54.7 Å². The summed E-state index contributed by atoms with van der Waals surface area (Å²) in [5.41, 5.74) is -0.675. The van der Waals surface area contributed by atoms with Crippen LogP contribution in [0.1, 0.15) is 49.4 Å². The van der Waals surface area contributed by atoms with Gasteiger partial charge in [-0.25, -0.2) is 27.2 Å². The summed E-state index contributed by atoms with van der Waals surface area (Å²) >= 11 is 1.26. The molecule has 176 valence electrons. The third-order valence-electron chi connectivity index (χ3n) is 5.36. The third-order valence-corrected chi connectivity index (χ3v) is 7.81. The highest BCUT2D eigenvalue weighted by Gasteiger charge is 2.23. The number of rotatable bonds is 8. The number of hydrogen-bond acceptors (Lipinski definition) is 7. The number of benzene rings is 1. The maximum atomic E-state index is 14.9. The lowest BCUT2D eigenvalue weighted by Crippen LogP contribution is -2.19. The number of hydrogen-bond donors (Lipinski definition) is 3. The number of nitrogens with one attached hydrogen (secondary N) is 3. The predicted octanol–water partition coefficient (Wildman–Crippen LogP) is 4.73. The number of fused-ring (bicyclic) bond motifs is 1. The van der Waals surface area contributed by atoms with Gasteiger partial charge in [0, 0.05) is 11.4 Å². The number of carbonyl (C=O) groups is 1. The monoisotopic (exact) mass is 495 g/mol. The first-order valence-corrected chi connectivity index (χ1v) is 13.1. The van der Waals surface area contributed by atoms with Gasteiger partial charge in [-0.1, -0.05) is 19.8 Å². The van der Waals surface area contributed by atoms with Crippen molar-refractivity contribution in [2.24, 2.45) is 0 Å². The maximum absolute atomic E-state index is 14.9. The van der Waals surface area contributed by atoms with Crippen LogP contribution >= 0.6 is 11.3 Å². The molecule has 0 spiro atoms. The fourth-order valence-corrected chi connectivity index (χ4v) is 5.88. The van der Waals surface area contributed by atoms with Crippen LogP contribution in [0.5, 0.6) is 0 Å². The Balaban J connectivity index is 1.60. The molecule has 12 heteroatoms. The van der Waals surface area contributed by atoms with E-state index in [0.717, 1.165) is 37.8 Å². The fourth-order valence-electron chi connectivity index (χ4n) is 3.79. The molecular formula is C21H23F2N5O3S2. The molecule has 8 nitrogen and oxygen atoms in total. The molecule has 0 bridgehead atoms. The van der Waals surface area contributed by atoms with Crippen molar-refractivity contribution < 1.29 is 22.0 Å². The van der Waals surface area contributed by atoms with Crippen molar-refractivity contribution in [3.63, 3.8) is 0 Å². The number of thiophene rings is 1. The van der Waals surface area contributed by atoms with Crippen molar-refractivity contribution in [1.82, 2.24) is 9.97 Å². The molecule has 0 radical (unpaired) electrons. The number of sulfonamides is 1. The maximum Gasteiger partial charge on any atom is 0.258 e. The number of anilines is 3. The van der Waals surface area contributed by atoms with E-state index in [2.05, 4.69) is 25.3 Å². The highest BCUT2D eigenvalue weighted by molar-refractivity contribution is 7.92. The summed E-state index contributed by atoms with van der Waals surface area (Å²) in [5.74, 6) is -2.60. The second-order valence-electron chi connectivity index (χ2n) is 7.83. The zero-order valence-electron chi connectivity index (χ0n) is 17.8. The summed E-state index contributed by atoms with van der Waals surface area (Å²) in [5, 5.41) is 7.17. The largest absolute Gasteiger partial charge is 0.366 e. The number of carbonyl (C=O) groups excluding carboxylic acids is 1. The molecule has 0 unspecified atom stereocenters. The predicted molar refractivity (Wildman–Crippen MR) is 125 cm³/mol. The number of amides is 1. The first kappa shape index (κ1) is 23.3. The van der Waals surface area contributed by atoms with Crippen molar-refractivity contribution in [3.8, 4) is 0 Å². The van der Waals surface area contributed by atoms with Gasteiger partial charge in [-0.05, 0) is 31.4 Å².